The first-order chi connectivity index (χ1) is 14.6. The molecular weight excluding hydrogens is 380 g/mol. The molecule has 0 bridgehead atoms. The maximum absolute atomic E-state index is 12.6. The lowest BCUT2D eigenvalue weighted by molar-refractivity contribution is -0.134. The maximum Gasteiger partial charge on any atom is 0.407 e. The van der Waals surface area contributed by atoms with Gasteiger partial charge in [0.05, 0.1) is 6.61 Å². The lowest BCUT2D eigenvalue weighted by Crippen LogP contribution is -2.38. The number of piperidine rings is 1. The van der Waals surface area contributed by atoms with Crippen molar-refractivity contribution in [2.75, 3.05) is 32.8 Å². The van der Waals surface area contributed by atoms with Crippen molar-refractivity contribution in [1.82, 2.24) is 9.80 Å². The number of carbonyl (C=O) groups excluding carboxylic acids is 1. The van der Waals surface area contributed by atoms with Gasteiger partial charge in [-0.1, -0.05) is 30.4 Å². The van der Waals surface area contributed by atoms with Crippen LogP contribution < -0.4 is 4.74 Å². The number of rotatable bonds is 5. The van der Waals surface area contributed by atoms with Crippen LogP contribution >= 0.6 is 0 Å². The van der Waals surface area contributed by atoms with Crippen molar-refractivity contribution < 1.29 is 19.4 Å². The molecule has 2 heterocycles. The van der Waals surface area contributed by atoms with Crippen LogP contribution in [0.2, 0.25) is 0 Å². The van der Waals surface area contributed by atoms with Gasteiger partial charge in [-0.3, -0.25) is 4.79 Å². The van der Waals surface area contributed by atoms with Crippen molar-refractivity contribution in [1.29, 1.82) is 0 Å². The zero-order chi connectivity index (χ0) is 20.9. The highest BCUT2D eigenvalue weighted by molar-refractivity contribution is 5.81. The Morgan fingerprint density at radius 2 is 1.70 bits per heavy atom. The van der Waals surface area contributed by atoms with E-state index in [0.29, 0.717) is 25.6 Å². The van der Waals surface area contributed by atoms with Crippen molar-refractivity contribution in [3.05, 3.63) is 48.1 Å². The molecule has 3 aliphatic rings. The lowest BCUT2D eigenvalue weighted by atomic mass is 9.86. The molecular formula is C24H30N2O4. The Morgan fingerprint density at radius 3 is 2.30 bits per heavy atom. The van der Waals surface area contributed by atoms with Crippen LogP contribution in [-0.2, 0) is 4.79 Å². The zero-order valence-electron chi connectivity index (χ0n) is 17.3. The number of hydrogen-bond acceptors (Lipinski definition) is 3. The van der Waals surface area contributed by atoms with Crippen molar-refractivity contribution in [3.8, 4) is 5.75 Å². The SMILES string of the molecule is O=C(O)N1CCC(COc2ccc(C3=CCC(C(=O)N4CC=CC4)CC3)cc2)CC1. The summed E-state index contributed by atoms with van der Waals surface area (Å²) in [6, 6.07) is 8.22. The van der Waals surface area contributed by atoms with E-state index < -0.39 is 6.09 Å². The van der Waals surface area contributed by atoms with Gasteiger partial charge in [0.15, 0.2) is 0 Å². The Kier molecular flexibility index (Phi) is 6.41. The summed E-state index contributed by atoms with van der Waals surface area (Å²) in [5.41, 5.74) is 2.51. The van der Waals surface area contributed by atoms with Gasteiger partial charge in [-0.25, -0.2) is 4.79 Å². The molecule has 1 aromatic rings. The van der Waals surface area contributed by atoms with Crippen LogP contribution in [0.15, 0.2) is 42.5 Å². The number of allylic oxidation sites excluding steroid dienone is 2. The van der Waals surface area contributed by atoms with E-state index in [2.05, 4.69) is 30.4 Å². The van der Waals surface area contributed by atoms with Crippen LogP contribution in [0.4, 0.5) is 4.79 Å². The molecule has 1 aliphatic carbocycles. The van der Waals surface area contributed by atoms with E-state index in [9.17, 15) is 9.59 Å². The van der Waals surface area contributed by atoms with Crippen molar-refractivity contribution in [2.45, 2.75) is 32.1 Å². The van der Waals surface area contributed by atoms with Crippen LogP contribution in [-0.4, -0.2) is 59.7 Å². The smallest absolute Gasteiger partial charge is 0.407 e. The van der Waals surface area contributed by atoms with Gasteiger partial charge in [-0.2, -0.15) is 0 Å². The molecule has 1 N–H and O–H groups in total. The van der Waals surface area contributed by atoms with Crippen LogP contribution in [0.3, 0.4) is 0 Å². The standard InChI is InChI=1S/C24H30N2O4/c27-23(25-13-1-2-14-25)21-5-3-19(4-6-21)20-7-9-22(10-8-20)30-17-18-11-15-26(16-12-18)24(28)29/h1-3,7-10,18,21H,4-6,11-17H2,(H,28,29). The highest BCUT2D eigenvalue weighted by Crippen LogP contribution is 2.32. The molecule has 6 nitrogen and oxygen atoms in total. The van der Waals surface area contributed by atoms with Gasteiger partial charge in [0.1, 0.15) is 5.75 Å². The summed E-state index contributed by atoms with van der Waals surface area (Å²) in [7, 11) is 0. The second-order valence-corrected chi connectivity index (χ2v) is 8.46. The molecule has 1 fully saturated rings. The Labute approximate surface area is 177 Å². The third-order valence-electron chi connectivity index (χ3n) is 6.49. The van der Waals surface area contributed by atoms with Gasteiger partial charge in [0.25, 0.3) is 0 Å². The largest absolute Gasteiger partial charge is 0.493 e. The Bertz CT molecular complexity index is 814. The van der Waals surface area contributed by atoms with E-state index >= 15 is 0 Å². The second kappa shape index (κ2) is 9.37. The van der Waals surface area contributed by atoms with Crippen molar-refractivity contribution in [3.63, 3.8) is 0 Å². The maximum atomic E-state index is 12.6. The van der Waals surface area contributed by atoms with E-state index in [1.54, 1.807) is 0 Å². The van der Waals surface area contributed by atoms with E-state index in [-0.39, 0.29) is 11.8 Å². The van der Waals surface area contributed by atoms with Crippen LogP contribution in [0.1, 0.15) is 37.7 Å². The fourth-order valence-corrected chi connectivity index (χ4v) is 4.51. The monoisotopic (exact) mass is 410 g/mol. The second-order valence-electron chi connectivity index (χ2n) is 8.46. The molecule has 160 valence electrons. The zero-order valence-corrected chi connectivity index (χ0v) is 17.3. The molecule has 0 radical (unpaired) electrons. The number of nitrogens with zero attached hydrogens (tertiary/aromatic N) is 2. The fraction of sp³-hybridized carbons (Fsp3) is 0.500. The molecule has 2 amide bonds. The summed E-state index contributed by atoms with van der Waals surface area (Å²) in [6.07, 6.45) is 9.88. The van der Waals surface area contributed by atoms with Gasteiger partial charge >= 0.3 is 6.09 Å². The first kappa shape index (κ1) is 20.5. The fourth-order valence-electron chi connectivity index (χ4n) is 4.51. The predicted molar refractivity (Wildman–Crippen MR) is 115 cm³/mol. The molecule has 1 unspecified atom stereocenters. The van der Waals surface area contributed by atoms with Gasteiger partial charge in [0.2, 0.25) is 5.91 Å². The third-order valence-corrected chi connectivity index (χ3v) is 6.49. The van der Waals surface area contributed by atoms with E-state index in [0.717, 1.165) is 50.9 Å². The van der Waals surface area contributed by atoms with E-state index in [4.69, 9.17) is 9.84 Å². The highest BCUT2D eigenvalue weighted by atomic mass is 16.5. The summed E-state index contributed by atoms with van der Waals surface area (Å²) >= 11 is 0. The number of hydrogen-bond donors (Lipinski definition) is 1. The minimum Gasteiger partial charge on any atom is -0.493 e. The minimum absolute atomic E-state index is 0.115. The minimum atomic E-state index is -0.828. The molecule has 6 heteroatoms. The van der Waals surface area contributed by atoms with Crippen LogP contribution in [0.5, 0.6) is 5.75 Å². The quantitative estimate of drug-likeness (QED) is 0.744. The summed E-state index contributed by atoms with van der Waals surface area (Å²) in [5.74, 6) is 1.66. The summed E-state index contributed by atoms with van der Waals surface area (Å²) < 4.78 is 5.95. The molecule has 0 spiro atoms. The van der Waals surface area contributed by atoms with E-state index in [1.807, 2.05) is 17.0 Å². The normalized spacial score (nSPS) is 22.1. The third kappa shape index (κ3) is 4.86. The molecule has 4 rings (SSSR count). The number of amides is 2. The summed E-state index contributed by atoms with van der Waals surface area (Å²) in [4.78, 5) is 26.9. The summed E-state index contributed by atoms with van der Waals surface area (Å²) in [6.45, 7) is 3.32. The molecule has 1 atom stereocenters. The Morgan fingerprint density at radius 1 is 1.00 bits per heavy atom. The van der Waals surface area contributed by atoms with Crippen LogP contribution in [0.25, 0.3) is 5.57 Å². The Hall–Kier alpha value is -2.76. The first-order valence-electron chi connectivity index (χ1n) is 10.9. The Balaban J connectivity index is 1.25. The van der Waals surface area contributed by atoms with E-state index in [1.165, 1.54) is 16.0 Å². The van der Waals surface area contributed by atoms with Gasteiger partial charge < -0.3 is 19.6 Å². The number of carboxylic acid groups (broad SMARTS) is 1. The first-order valence-corrected chi connectivity index (χ1v) is 10.9. The number of carbonyl (C=O) groups is 2. The molecule has 1 aromatic carbocycles. The van der Waals surface area contributed by atoms with Gasteiger partial charge in [-0.05, 0) is 61.3 Å². The topological polar surface area (TPSA) is 70.1 Å². The lowest BCUT2D eigenvalue weighted by Gasteiger charge is -2.29. The van der Waals surface area contributed by atoms with Crippen molar-refractivity contribution >= 4 is 17.6 Å². The molecule has 0 aromatic heterocycles. The molecule has 0 saturated carbocycles. The molecule has 30 heavy (non-hydrogen) atoms. The average Bonchev–Trinajstić information content (AvgIpc) is 3.33. The number of likely N-dealkylation sites (tertiary alicyclic amines) is 1. The van der Waals surface area contributed by atoms with Gasteiger partial charge in [-0.15, -0.1) is 0 Å². The highest BCUT2D eigenvalue weighted by Gasteiger charge is 2.27. The summed E-state index contributed by atoms with van der Waals surface area (Å²) in [5, 5.41) is 9.03. The number of ether oxygens (including phenoxy) is 1. The van der Waals surface area contributed by atoms with Crippen LogP contribution in [0, 0.1) is 11.8 Å². The molecule has 1 saturated heterocycles. The predicted octanol–water partition coefficient (Wildman–Crippen LogP) is 4.04. The van der Waals surface area contributed by atoms with Crippen molar-refractivity contribution in [2.24, 2.45) is 11.8 Å². The average molecular weight is 411 g/mol. The molecule has 2 aliphatic heterocycles. The number of benzene rings is 1. The van der Waals surface area contributed by atoms with Gasteiger partial charge in [0, 0.05) is 32.1 Å².